The van der Waals surface area contributed by atoms with Crippen LogP contribution in [0, 0.1) is 5.41 Å². The Morgan fingerprint density at radius 2 is 2.19 bits per heavy atom. The van der Waals surface area contributed by atoms with Crippen LogP contribution in [0.3, 0.4) is 0 Å². The molecule has 0 aromatic carbocycles. The standard InChI is InChI=1S/C13H24N2O/c1-5-14-10-12(16)15-8-6-11(7-9-15)13(2,3)4/h6,14H,5,7-10H2,1-4H3. The fourth-order valence-electron chi connectivity index (χ4n) is 1.92. The van der Waals surface area contributed by atoms with Crippen molar-refractivity contribution < 1.29 is 4.79 Å². The molecular formula is C13H24N2O. The molecule has 0 saturated heterocycles. The van der Waals surface area contributed by atoms with Crippen molar-refractivity contribution in [2.75, 3.05) is 26.2 Å². The lowest BCUT2D eigenvalue weighted by Crippen LogP contribution is -2.41. The first-order valence-electron chi connectivity index (χ1n) is 6.13. The van der Waals surface area contributed by atoms with Gasteiger partial charge in [0, 0.05) is 13.1 Å². The normalized spacial score (nSPS) is 17.2. The van der Waals surface area contributed by atoms with Crippen molar-refractivity contribution in [1.82, 2.24) is 10.2 Å². The van der Waals surface area contributed by atoms with Crippen LogP contribution in [0.5, 0.6) is 0 Å². The van der Waals surface area contributed by atoms with Crippen molar-refractivity contribution in [3.05, 3.63) is 11.6 Å². The van der Waals surface area contributed by atoms with E-state index in [2.05, 4.69) is 32.2 Å². The van der Waals surface area contributed by atoms with Crippen LogP contribution in [0.15, 0.2) is 11.6 Å². The molecule has 92 valence electrons. The van der Waals surface area contributed by atoms with Crippen LogP contribution in [0.2, 0.25) is 0 Å². The van der Waals surface area contributed by atoms with Crippen LogP contribution < -0.4 is 5.32 Å². The van der Waals surface area contributed by atoms with E-state index in [4.69, 9.17) is 0 Å². The Balaban J connectivity index is 2.48. The maximum absolute atomic E-state index is 11.7. The van der Waals surface area contributed by atoms with Crippen molar-refractivity contribution in [3.8, 4) is 0 Å². The SMILES string of the molecule is CCNCC(=O)N1CC=C(C(C)(C)C)CC1. The topological polar surface area (TPSA) is 32.3 Å². The number of carbonyl (C=O) groups is 1. The number of carbonyl (C=O) groups excluding carboxylic acids is 1. The highest BCUT2D eigenvalue weighted by atomic mass is 16.2. The first-order valence-corrected chi connectivity index (χ1v) is 6.13. The molecule has 0 aromatic rings. The van der Waals surface area contributed by atoms with Crippen molar-refractivity contribution in [2.45, 2.75) is 34.1 Å². The lowest BCUT2D eigenvalue weighted by molar-refractivity contribution is -0.129. The minimum Gasteiger partial charge on any atom is -0.338 e. The number of rotatable bonds is 3. The Morgan fingerprint density at radius 3 is 2.62 bits per heavy atom. The van der Waals surface area contributed by atoms with Crippen molar-refractivity contribution in [2.24, 2.45) is 5.41 Å². The summed E-state index contributed by atoms with van der Waals surface area (Å²) in [5.74, 6) is 0.214. The Hall–Kier alpha value is -0.830. The highest BCUT2D eigenvalue weighted by molar-refractivity contribution is 5.78. The average molecular weight is 224 g/mol. The van der Waals surface area contributed by atoms with Gasteiger partial charge >= 0.3 is 0 Å². The minimum absolute atomic E-state index is 0.214. The third-order valence-corrected chi connectivity index (χ3v) is 3.05. The summed E-state index contributed by atoms with van der Waals surface area (Å²) in [4.78, 5) is 13.7. The summed E-state index contributed by atoms with van der Waals surface area (Å²) in [5, 5.41) is 3.07. The molecule has 0 radical (unpaired) electrons. The largest absolute Gasteiger partial charge is 0.338 e. The Labute approximate surface area is 98.9 Å². The van der Waals surface area contributed by atoms with Crippen LogP contribution in [0.4, 0.5) is 0 Å². The summed E-state index contributed by atoms with van der Waals surface area (Å²) in [6.07, 6.45) is 3.23. The first kappa shape index (κ1) is 13.2. The van der Waals surface area contributed by atoms with Gasteiger partial charge in [-0.15, -0.1) is 0 Å². The summed E-state index contributed by atoms with van der Waals surface area (Å²) >= 11 is 0. The van der Waals surface area contributed by atoms with Crippen molar-refractivity contribution in [3.63, 3.8) is 0 Å². The molecule has 0 spiro atoms. The summed E-state index contributed by atoms with van der Waals surface area (Å²) < 4.78 is 0. The average Bonchev–Trinajstić information content (AvgIpc) is 2.25. The predicted octanol–water partition coefficient (Wildman–Crippen LogP) is 1.80. The predicted molar refractivity (Wildman–Crippen MR) is 67.3 cm³/mol. The molecule has 0 atom stereocenters. The summed E-state index contributed by atoms with van der Waals surface area (Å²) in [6, 6.07) is 0. The van der Waals surface area contributed by atoms with E-state index < -0.39 is 0 Å². The van der Waals surface area contributed by atoms with E-state index in [1.807, 2.05) is 11.8 Å². The molecule has 0 bridgehead atoms. The van der Waals surface area contributed by atoms with Gasteiger partial charge in [-0.3, -0.25) is 4.79 Å². The molecule has 1 amide bonds. The van der Waals surface area contributed by atoms with Gasteiger partial charge in [0.1, 0.15) is 0 Å². The Bertz CT molecular complexity index is 276. The molecule has 0 fully saturated rings. The quantitative estimate of drug-likeness (QED) is 0.741. The van der Waals surface area contributed by atoms with E-state index in [9.17, 15) is 4.79 Å². The minimum atomic E-state index is 0.214. The maximum atomic E-state index is 11.7. The van der Waals surface area contributed by atoms with Crippen LogP contribution in [0.25, 0.3) is 0 Å². The second-order valence-electron chi connectivity index (χ2n) is 5.35. The second kappa shape index (κ2) is 5.48. The zero-order valence-electron chi connectivity index (χ0n) is 11.0. The van der Waals surface area contributed by atoms with Gasteiger partial charge in [-0.05, 0) is 18.4 Å². The lowest BCUT2D eigenvalue weighted by Gasteiger charge is -2.32. The molecule has 1 heterocycles. The van der Waals surface area contributed by atoms with E-state index in [0.29, 0.717) is 6.54 Å². The monoisotopic (exact) mass is 224 g/mol. The molecule has 1 N–H and O–H groups in total. The molecule has 16 heavy (non-hydrogen) atoms. The molecule has 1 aliphatic heterocycles. The first-order chi connectivity index (χ1) is 7.45. The fourth-order valence-corrected chi connectivity index (χ4v) is 1.92. The van der Waals surface area contributed by atoms with Gasteiger partial charge in [0.25, 0.3) is 0 Å². The van der Waals surface area contributed by atoms with Crippen LogP contribution in [-0.4, -0.2) is 37.0 Å². The van der Waals surface area contributed by atoms with Gasteiger partial charge in [-0.25, -0.2) is 0 Å². The van der Waals surface area contributed by atoms with E-state index >= 15 is 0 Å². The third-order valence-electron chi connectivity index (χ3n) is 3.05. The van der Waals surface area contributed by atoms with Crippen LogP contribution in [0.1, 0.15) is 34.1 Å². The molecule has 1 rings (SSSR count). The zero-order valence-corrected chi connectivity index (χ0v) is 11.0. The number of nitrogens with zero attached hydrogens (tertiary/aromatic N) is 1. The van der Waals surface area contributed by atoms with Gasteiger partial charge in [0.05, 0.1) is 6.54 Å². The van der Waals surface area contributed by atoms with Crippen LogP contribution >= 0.6 is 0 Å². The van der Waals surface area contributed by atoms with Crippen molar-refractivity contribution in [1.29, 1.82) is 0 Å². The lowest BCUT2D eigenvalue weighted by atomic mass is 9.83. The van der Waals surface area contributed by atoms with E-state index in [-0.39, 0.29) is 11.3 Å². The van der Waals surface area contributed by atoms with Gasteiger partial charge in [0.2, 0.25) is 5.91 Å². The van der Waals surface area contributed by atoms with E-state index in [1.165, 1.54) is 5.57 Å². The fraction of sp³-hybridized carbons (Fsp3) is 0.769. The highest BCUT2D eigenvalue weighted by Crippen LogP contribution is 2.29. The summed E-state index contributed by atoms with van der Waals surface area (Å²) in [5.41, 5.74) is 1.72. The van der Waals surface area contributed by atoms with Gasteiger partial charge in [0.15, 0.2) is 0 Å². The van der Waals surface area contributed by atoms with E-state index in [1.54, 1.807) is 0 Å². The van der Waals surface area contributed by atoms with Gasteiger partial charge < -0.3 is 10.2 Å². The van der Waals surface area contributed by atoms with E-state index in [0.717, 1.165) is 26.1 Å². The number of amides is 1. The molecule has 0 aromatic heterocycles. The Kier molecular flexibility index (Phi) is 4.54. The van der Waals surface area contributed by atoms with Crippen LogP contribution in [-0.2, 0) is 4.79 Å². The van der Waals surface area contributed by atoms with Gasteiger partial charge in [-0.2, -0.15) is 0 Å². The Morgan fingerprint density at radius 1 is 1.50 bits per heavy atom. The molecule has 0 unspecified atom stereocenters. The van der Waals surface area contributed by atoms with Crippen molar-refractivity contribution >= 4 is 5.91 Å². The number of hydrogen-bond acceptors (Lipinski definition) is 2. The highest BCUT2D eigenvalue weighted by Gasteiger charge is 2.23. The smallest absolute Gasteiger partial charge is 0.236 e. The maximum Gasteiger partial charge on any atom is 0.236 e. The molecule has 3 nitrogen and oxygen atoms in total. The molecule has 3 heteroatoms. The summed E-state index contributed by atoms with van der Waals surface area (Å²) in [7, 11) is 0. The molecule has 0 aliphatic carbocycles. The summed E-state index contributed by atoms with van der Waals surface area (Å²) in [6.45, 7) is 11.7. The molecule has 0 saturated carbocycles. The molecular weight excluding hydrogens is 200 g/mol. The number of nitrogens with one attached hydrogen (secondary N) is 1. The second-order valence-corrected chi connectivity index (χ2v) is 5.35. The number of likely N-dealkylation sites (N-methyl/N-ethyl adjacent to an activating group) is 1. The zero-order chi connectivity index (χ0) is 12.2. The number of hydrogen-bond donors (Lipinski definition) is 1. The third kappa shape index (κ3) is 3.63. The van der Waals surface area contributed by atoms with Gasteiger partial charge in [-0.1, -0.05) is 39.3 Å². The molecule has 1 aliphatic rings.